The molecule has 0 aromatic heterocycles. The summed E-state index contributed by atoms with van der Waals surface area (Å²) in [7, 11) is 0. The van der Waals surface area contributed by atoms with Crippen LogP contribution in [0.4, 0.5) is 0 Å². The Balaban J connectivity index is 1.90. The SMILES string of the molecule is CCCCCCCCCCCCCCC(=O)NC(COC1OC(CO)C(OC2OC(CO)C(O)C(O)C2O)C(O)C1O)C(O)CCCCCCCCCCCC. The highest BCUT2D eigenvalue weighted by Crippen LogP contribution is 2.30. The molecule has 332 valence electrons. The zero-order valence-electron chi connectivity index (χ0n) is 34.6. The van der Waals surface area contributed by atoms with Gasteiger partial charge in [-0.05, 0) is 12.8 Å². The summed E-state index contributed by atoms with van der Waals surface area (Å²) in [6.07, 6.45) is 9.78. The molecule has 14 heteroatoms. The smallest absolute Gasteiger partial charge is 0.220 e. The molecule has 0 bridgehead atoms. The highest BCUT2D eigenvalue weighted by atomic mass is 16.7. The standard InChI is InChI=1S/C42H81NO13/c1-3-5-7-9-11-13-15-16-18-20-22-24-26-34(47)43-30(31(46)25-23-21-19-17-14-12-10-8-6-4-2)29-53-41-39(52)37(50)40(33(28-45)55-41)56-42-38(51)36(49)35(48)32(27-44)54-42/h30-33,35-42,44-46,48-52H,3-29H2,1-2H3,(H,43,47). The third-order valence-electron chi connectivity index (χ3n) is 11.3. The molecule has 0 radical (unpaired) electrons. The van der Waals surface area contributed by atoms with Gasteiger partial charge >= 0.3 is 0 Å². The van der Waals surface area contributed by atoms with Gasteiger partial charge in [0.25, 0.3) is 0 Å². The zero-order valence-corrected chi connectivity index (χ0v) is 34.6. The first-order chi connectivity index (χ1) is 27.1. The van der Waals surface area contributed by atoms with E-state index in [1.807, 2.05) is 0 Å². The van der Waals surface area contributed by atoms with Gasteiger partial charge in [0, 0.05) is 6.42 Å². The molecule has 2 heterocycles. The number of hydrogen-bond donors (Lipinski definition) is 9. The Bertz CT molecular complexity index is 962. The van der Waals surface area contributed by atoms with Gasteiger partial charge in [0.2, 0.25) is 5.91 Å². The number of rotatable bonds is 33. The Kier molecular flexibility index (Phi) is 28.3. The Hall–Kier alpha value is -1.01. The summed E-state index contributed by atoms with van der Waals surface area (Å²) < 4.78 is 22.6. The number of aliphatic hydroxyl groups is 8. The van der Waals surface area contributed by atoms with Crippen LogP contribution in [0.2, 0.25) is 0 Å². The minimum Gasteiger partial charge on any atom is -0.394 e. The van der Waals surface area contributed by atoms with Crippen LogP contribution in [0.15, 0.2) is 0 Å². The molecule has 2 aliphatic rings. The van der Waals surface area contributed by atoms with Crippen molar-refractivity contribution in [1.82, 2.24) is 5.32 Å². The van der Waals surface area contributed by atoms with E-state index in [0.29, 0.717) is 12.8 Å². The number of carbonyl (C=O) groups excluding carboxylic acids is 1. The predicted octanol–water partition coefficient (Wildman–Crippen LogP) is 3.88. The number of carbonyl (C=O) groups is 1. The molecule has 12 unspecified atom stereocenters. The molecule has 56 heavy (non-hydrogen) atoms. The first-order valence-corrected chi connectivity index (χ1v) is 22.3. The fourth-order valence-electron chi connectivity index (χ4n) is 7.59. The lowest BCUT2D eigenvalue weighted by Crippen LogP contribution is -2.65. The van der Waals surface area contributed by atoms with Crippen molar-refractivity contribution in [3.8, 4) is 0 Å². The first kappa shape index (κ1) is 51.1. The fraction of sp³-hybridized carbons (Fsp3) is 0.976. The van der Waals surface area contributed by atoms with Gasteiger partial charge in [0.05, 0.1) is 32.0 Å². The summed E-state index contributed by atoms with van der Waals surface area (Å²) >= 11 is 0. The second kappa shape index (κ2) is 30.9. The molecule has 1 amide bonds. The molecule has 0 aromatic rings. The Labute approximate surface area is 336 Å². The Morgan fingerprint density at radius 3 is 1.52 bits per heavy atom. The van der Waals surface area contributed by atoms with Crippen LogP contribution in [-0.4, -0.2) is 140 Å². The minimum atomic E-state index is -1.78. The van der Waals surface area contributed by atoms with Crippen molar-refractivity contribution in [2.45, 2.75) is 242 Å². The lowest BCUT2D eigenvalue weighted by atomic mass is 9.97. The molecule has 0 saturated carbocycles. The van der Waals surface area contributed by atoms with Gasteiger partial charge < -0.3 is 65.1 Å². The van der Waals surface area contributed by atoms with Crippen molar-refractivity contribution in [3.63, 3.8) is 0 Å². The molecule has 2 rings (SSSR count). The summed E-state index contributed by atoms with van der Waals surface area (Å²) in [6, 6.07) is -0.818. The molecule has 9 N–H and O–H groups in total. The molecule has 14 nitrogen and oxygen atoms in total. The average Bonchev–Trinajstić information content (AvgIpc) is 3.19. The van der Waals surface area contributed by atoms with E-state index in [0.717, 1.165) is 51.4 Å². The molecule has 12 atom stereocenters. The molecule has 0 aromatic carbocycles. The van der Waals surface area contributed by atoms with Gasteiger partial charge in [-0.25, -0.2) is 0 Å². The largest absolute Gasteiger partial charge is 0.394 e. The summed E-state index contributed by atoms with van der Waals surface area (Å²) in [5.41, 5.74) is 0. The summed E-state index contributed by atoms with van der Waals surface area (Å²) in [5.74, 6) is -0.209. The van der Waals surface area contributed by atoms with Gasteiger partial charge in [-0.2, -0.15) is 0 Å². The third-order valence-corrected chi connectivity index (χ3v) is 11.3. The summed E-state index contributed by atoms with van der Waals surface area (Å²) in [4.78, 5) is 13.1. The van der Waals surface area contributed by atoms with E-state index in [4.69, 9.17) is 18.9 Å². The van der Waals surface area contributed by atoms with Crippen molar-refractivity contribution >= 4 is 5.91 Å². The van der Waals surface area contributed by atoms with Gasteiger partial charge in [0.15, 0.2) is 12.6 Å². The van der Waals surface area contributed by atoms with Crippen LogP contribution in [0.1, 0.15) is 168 Å². The van der Waals surface area contributed by atoms with Crippen LogP contribution in [0.5, 0.6) is 0 Å². The van der Waals surface area contributed by atoms with Crippen LogP contribution in [0.25, 0.3) is 0 Å². The van der Waals surface area contributed by atoms with Crippen LogP contribution >= 0.6 is 0 Å². The molecular weight excluding hydrogens is 726 g/mol. The zero-order chi connectivity index (χ0) is 41.1. The third kappa shape index (κ3) is 19.4. The van der Waals surface area contributed by atoms with Crippen molar-refractivity contribution in [2.24, 2.45) is 0 Å². The maximum absolute atomic E-state index is 13.1. The Morgan fingerprint density at radius 1 is 0.571 bits per heavy atom. The summed E-state index contributed by atoms with van der Waals surface area (Å²) in [5, 5.41) is 86.4. The van der Waals surface area contributed by atoms with E-state index < -0.39 is 86.8 Å². The number of hydrogen-bond acceptors (Lipinski definition) is 13. The molecule has 2 aliphatic heterocycles. The molecule has 2 saturated heterocycles. The maximum Gasteiger partial charge on any atom is 0.220 e. The Morgan fingerprint density at radius 2 is 1.02 bits per heavy atom. The minimum absolute atomic E-state index is 0.209. The van der Waals surface area contributed by atoms with Gasteiger partial charge in [-0.3, -0.25) is 4.79 Å². The highest BCUT2D eigenvalue weighted by Gasteiger charge is 2.51. The monoisotopic (exact) mass is 808 g/mol. The van der Waals surface area contributed by atoms with E-state index in [9.17, 15) is 45.6 Å². The van der Waals surface area contributed by atoms with Crippen LogP contribution in [0, 0.1) is 0 Å². The van der Waals surface area contributed by atoms with E-state index in [-0.39, 0.29) is 12.5 Å². The summed E-state index contributed by atoms with van der Waals surface area (Å²) in [6.45, 7) is 2.80. The van der Waals surface area contributed by atoms with Crippen LogP contribution in [0.3, 0.4) is 0 Å². The van der Waals surface area contributed by atoms with Crippen molar-refractivity contribution in [3.05, 3.63) is 0 Å². The number of ether oxygens (including phenoxy) is 4. The first-order valence-electron chi connectivity index (χ1n) is 22.3. The number of amides is 1. The van der Waals surface area contributed by atoms with Crippen molar-refractivity contribution < 1.29 is 64.6 Å². The van der Waals surface area contributed by atoms with E-state index in [1.165, 1.54) is 89.9 Å². The van der Waals surface area contributed by atoms with Crippen molar-refractivity contribution in [1.29, 1.82) is 0 Å². The van der Waals surface area contributed by atoms with Crippen LogP contribution in [-0.2, 0) is 23.7 Å². The van der Waals surface area contributed by atoms with Gasteiger partial charge in [-0.1, -0.05) is 149 Å². The lowest BCUT2D eigenvalue weighted by Gasteiger charge is -2.46. The number of aliphatic hydroxyl groups excluding tert-OH is 8. The lowest BCUT2D eigenvalue weighted by molar-refractivity contribution is -0.359. The quantitative estimate of drug-likeness (QED) is 0.0430. The van der Waals surface area contributed by atoms with E-state index >= 15 is 0 Å². The van der Waals surface area contributed by atoms with Crippen molar-refractivity contribution in [2.75, 3.05) is 19.8 Å². The normalized spacial score (nSPS) is 29.3. The molecule has 2 fully saturated rings. The highest BCUT2D eigenvalue weighted by molar-refractivity contribution is 5.76. The topological polar surface area (TPSA) is 228 Å². The molecular formula is C42H81NO13. The fourth-order valence-corrected chi connectivity index (χ4v) is 7.59. The average molecular weight is 808 g/mol. The molecule has 0 aliphatic carbocycles. The maximum atomic E-state index is 13.1. The van der Waals surface area contributed by atoms with Gasteiger partial charge in [0.1, 0.15) is 48.8 Å². The number of unbranched alkanes of at least 4 members (excludes halogenated alkanes) is 20. The van der Waals surface area contributed by atoms with Gasteiger partial charge in [-0.15, -0.1) is 0 Å². The predicted molar refractivity (Wildman–Crippen MR) is 212 cm³/mol. The van der Waals surface area contributed by atoms with Crippen LogP contribution < -0.4 is 5.32 Å². The second-order valence-corrected chi connectivity index (χ2v) is 16.2. The molecule has 0 spiro atoms. The second-order valence-electron chi connectivity index (χ2n) is 16.2. The van der Waals surface area contributed by atoms with E-state index in [2.05, 4.69) is 19.2 Å². The van der Waals surface area contributed by atoms with E-state index in [1.54, 1.807) is 0 Å². The number of nitrogens with one attached hydrogen (secondary N) is 1.